The van der Waals surface area contributed by atoms with Crippen molar-refractivity contribution in [2.24, 2.45) is 5.73 Å². The van der Waals surface area contributed by atoms with E-state index in [9.17, 15) is 0 Å². The normalized spacial score (nSPS) is 11.3. The Balaban J connectivity index is 2.73. The Morgan fingerprint density at radius 1 is 1.33 bits per heavy atom. The predicted octanol–water partition coefficient (Wildman–Crippen LogP) is 0.910. The summed E-state index contributed by atoms with van der Waals surface area (Å²) in [7, 11) is 1.55. The Hall–Kier alpha value is -1.36. The first-order valence-corrected chi connectivity index (χ1v) is 4.72. The number of aryl methyl sites for hydroxylation is 1. The summed E-state index contributed by atoms with van der Waals surface area (Å²) < 4.78 is 10.4. The zero-order valence-electron chi connectivity index (χ0n) is 9.57. The molecule has 1 aromatic rings. The molecule has 5 heteroatoms. The smallest absolute Gasteiger partial charge is 0.220 e. The van der Waals surface area contributed by atoms with Gasteiger partial charge in [-0.25, -0.2) is 0 Å². The molecule has 0 atom stereocenters. The summed E-state index contributed by atoms with van der Waals surface area (Å²) in [6.07, 6.45) is 0. The summed E-state index contributed by atoms with van der Waals surface area (Å²) in [4.78, 5) is 8.17. The van der Waals surface area contributed by atoms with Gasteiger partial charge >= 0.3 is 0 Å². The standard InChI is InChI=1S/C10H17N3O2/c1-7-12-8(14-4)5-9(13-7)15-6-10(2,3)11/h5H,6,11H2,1-4H3. The van der Waals surface area contributed by atoms with Gasteiger partial charge in [0.15, 0.2) is 0 Å². The van der Waals surface area contributed by atoms with Gasteiger partial charge in [-0.2, -0.15) is 9.97 Å². The third kappa shape index (κ3) is 4.12. The highest BCUT2D eigenvalue weighted by atomic mass is 16.5. The molecule has 0 spiro atoms. The number of nitrogens with two attached hydrogens (primary N) is 1. The topological polar surface area (TPSA) is 70.3 Å². The van der Waals surface area contributed by atoms with Crippen LogP contribution in [0.1, 0.15) is 19.7 Å². The molecule has 0 unspecified atom stereocenters. The Kier molecular flexibility index (Phi) is 3.47. The van der Waals surface area contributed by atoms with Crippen molar-refractivity contribution in [3.05, 3.63) is 11.9 Å². The molecular weight excluding hydrogens is 194 g/mol. The van der Waals surface area contributed by atoms with Crippen LogP contribution >= 0.6 is 0 Å². The maximum Gasteiger partial charge on any atom is 0.220 e. The molecule has 0 aliphatic carbocycles. The molecule has 0 radical (unpaired) electrons. The van der Waals surface area contributed by atoms with E-state index in [1.807, 2.05) is 13.8 Å². The van der Waals surface area contributed by atoms with E-state index in [0.717, 1.165) is 0 Å². The van der Waals surface area contributed by atoms with Gasteiger partial charge in [0.25, 0.3) is 0 Å². The van der Waals surface area contributed by atoms with Crippen molar-refractivity contribution in [2.75, 3.05) is 13.7 Å². The van der Waals surface area contributed by atoms with Gasteiger partial charge in [-0.1, -0.05) is 0 Å². The third-order valence-corrected chi connectivity index (χ3v) is 1.59. The Morgan fingerprint density at radius 2 is 1.93 bits per heavy atom. The maximum absolute atomic E-state index is 5.79. The summed E-state index contributed by atoms with van der Waals surface area (Å²) in [5, 5.41) is 0. The molecule has 2 N–H and O–H groups in total. The molecule has 0 saturated heterocycles. The minimum Gasteiger partial charge on any atom is -0.481 e. The number of nitrogens with zero attached hydrogens (tertiary/aromatic N) is 2. The number of hydrogen-bond acceptors (Lipinski definition) is 5. The maximum atomic E-state index is 5.79. The van der Waals surface area contributed by atoms with Crippen molar-refractivity contribution in [3.63, 3.8) is 0 Å². The van der Waals surface area contributed by atoms with E-state index in [0.29, 0.717) is 24.2 Å². The van der Waals surface area contributed by atoms with Crippen LogP contribution in [0, 0.1) is 6.92 Å². The number of hydrogen-bond donors (Lipinski definition) is 1. The van der Waals surface area contributed by atoms with Gasteiger partial charge in [0.1, 0.15) is 12.4 Å². The molecule has 0 saturated carbocycles. The van der Waals surface area contributed by atoms with Gasteiger partial charge in [0, 0.05) is 5.54 Å². The summed E-state index contributed by atoms with van der Waals surface area (Å²) in [5.74, 6) is 1.59. The van der Waals surface area contributed by atoms with Gasteiger partial charge < -0.3 is 15.2 Å². The largest absolute Gasteiger partial charge is 0.481 e. The Morgan fingerprint density at radius 3 is 2.47 bits per heavy atom. The molecule has 1 heterocycles. The van der Waals surface area contributed by atoms with Crippen molar-refractivity contribution >= 4 is 0 Å². The summed E-state index contributed by atoms with van der Waals surface area (Å²) in [5.41, 5.74) is 5.41. The fourth-order valence-electron chi connectivity index (χ4n) is 0.953. The minimum atomic E-state index is -0.383. The van der Waals surface area contributed by atoms with Gasteiger partial charge in [-0.15, -0.1) is 0 Å². The van der Waals surface area contributed by atoms with E-state index in [4.69, 9.17) is 15.2 Å². The molecule has 0 aliphatic rings. The lowest BCUT2D eigenvalue weighted by atomic mass is 10.1. The third-order valence-electron chi connectivity index (χ3n) is 1.59. The molecule has 15 heavy (non-hydrogen) atoms. The van der Waals surface area contributed by atoms with Crippen molar-refractivity contribution in [3.8, 4) is 11.8 Å². The molecule has 0 aromatic carbocycles. The van der Waals surface area contributed by atoms with E-state index in [1.165, 1.54) is 0 Å². The molecule has 1 aromatic heterocycles. The average molecular weight is 211 g/mol. The second-order valence-electron chi connectivity index (χ2n) is 4.07. The molecule has 5 nitrogen and oxygen atoms in total. The van der Waals surface area contributed by atoms with E-state index in [1.54, 1.807) is 20.1 Å². The fourth-order valence-corrected chi connectivity index (χ4v) is 0.953. The lowest BCUT2D eigenvalue weighted by Crippen LogP contribution is -2.38. The summed E-state index contributed by atoms with van der Waals surface area (Å²) >= 11 is 0. The predicted molar refractivity (Wildman–Crippen MR) is 57.1 cm³/mol. The number of aromatic nitrogens is 2. The van der Waals surface area contributed by atoms with E-state index in [2.05, 4.69) is 9.97 Å². The molecule has 0 aliphatic heterocycles. The highest BCUT2D eigenvalue weighted by molar-refractivity contribution is 5.20. The van der Waals surface area contributed by atoms with Crippen LogP contribution < -0.4 is 15.2 Å². The average Bonchev–Trinajstić information content (AvgIpc) is 2.13. The summed E-state index contributed by atoms with van der Waals surface area (Å²) in [6.45, 7) is 5.95. The Labute approximate surface area is 89.6 Å². The van der Waals surface area contributed by atoms with E-state index in [-0.39, 0.29) is 5.54 Å². The number of methoxy groups -OCH3 is 1. The monoisotopic (exact) mass is 211 g/mol. The number of ether oxygens (including phenoxy) is 2. The van der Waals surface area contributed by atoms with Gasteiger partial charge in [-0.05, 0) is 20.8 Å². The SMILES string of the molecule is COc1cc(OCC(C)(C)N)nc(C)n1. The van der Waals surface area contributed by atoms with Crippen LogP contribution in [0.2, 0.25) is 0 Å². The van der Waals surface area contributed by atoms with Crippen molar-refractivity contribution in [1.82, 2.24) is 9.97 Å². The zero-order chi connectivity index (χ0) is 11.5. The van der Waals surface area contributed by atoms with Crippen LogP contribution in [0.3, 0.4) is 0 Å². The first-order valence-electron chi connectivity index (χ1n) is 4.72. The lowest BCUT2D eigenvalue weighted by Gasteiger charge is -2.18. The van der Waals surface area contributed by atoms with Crippen LogP contribution in [0.5, 0.6) is 11.8 Å². The highest BCUT2D eigenvalue weighted by Crippen LogP contribution is 2.15. The van der Waals surface area contributed by atoms with Crippen LogP contribution in [-0.2, 0) is 0 Å². The van der Waals surface area contributed by atoms with Gasteiger partial charge in [0.05, 0.1) is 13.2 Å². The van der Waals surface area contributed by atoms with Crippen LogP contribution in [0.4, 0.5) is 0 Å². The van der Waals surface area contributed by atoms with Crippen LogP contribution in [0.15, 0.2) is 6.07 Å². The molecule has 0 amide bonds. The van der Waals surface area contributed by atoms with Crippen molar-refractivity contribution < 1.29 is 9.47 Å². The van der Waals surface area contributed by atoms with E-state index >= 15 is 0 Å². The fraction of sp³-hybridized carbons (Fsp3) is 0.600. The molecular formula is C10H17N3O2. The van der Waals surface area contributed by atoms with Crippen molar-refractivity contribution in [2.45, 2.75) is 26.3 Å². The first-order chi connectivity index (χ1) is 6.90. The molecule has 0 fully saturated rings. The van der Waals surface area contributed by atoms with Crippen molar-refractivity contribution in [1.29, 1.82) is 0 Å². The number of rotatable bonds is 4. The Bertz CT molecular complexity index is 334. The quantitative estimate of drug-likeness (QED) is 0.801. The summed E-state index contributed by atoms with van der Waals surface area (Å²) in [6, 6.07) is 1.64. The van der Waals surface area contributed by atoms with E-state index < -0.39 is 0 Å². The second-order valence-corrected chi connectivity index (χ2v) is 4.07. The van der Waals surface area contributed by atoms with Crippen LogP contribution in [0.25, 0.3) is 0 Å². The molecule has 0 bridgehead atoms. The first kappa shape index (κ1) is 11.7. The van der Waals surface area contributed by atoms with Gasteiger partial charge in [0.2, 0.25) is 11.8 Å². The molecule has 84 valence electrons. The van der Waals surface area contributed by atoms with Crippen LogP contribution in [-0.4, -0.2) is 29.2 Å². The minimum absolute atomic E-state index is 0.383. The molecule has 1 rings (SSSR count). The second kappa shape index (κ2) is 4.44. The zero-order valence-corrected chi connectivity index (χ0v) is 9.57. The van der Waals surface area contributed by atoms with Gasteiger partial charge in [-0.3, -0.25) is 0 Å². The highest BCUT2D eigenvalue weighted by Gasteiger charge is 2.12. The lowest BCUT2D eigenvalue weighted by molar-refractivity contribution is 0.232.